The number of aliphatic carboxylic acids is 1. The Morgan fingerprint density at radius 3 is 2.39 bits per heavy atom. The number of rotatable bonds is 5. The zero-order valence-electron chi connectivity index (χ0n) is 14.4. The van der Waals surface area contributed by atoms with Crippen LogP contribution in [0.3, 0.4) is 0 Å². The summed E-state index contributed by atoms with van der Waals surface area (Å²) in [4.78, 5) is 25.6. The average molecular weight is 376 g/mol. The van der Waals surface area contributed by atoms with Gasteiger partial charge < -0.3 is 9.53 Å². The van der Waals surface area contributed by atoms with Gasteiger partial charge in [0, 0.05) is 0 Å². The molecule has 23 heavy (non-hydrogen) atoms. The normalized spacial score (nSPS) is 27.1. The predicted molar refractivity (Wildman–Crippen MR) is 97.8 cm³/mol. The monoisotopic (exact) mass is 375 g/mol. The third-order valence-electron chi connectivity index (χ3n) is 4.66. The molecule has 0 aromatic carbocycles. The van der Waals surface area contributed by atoms with Gasteiger partial charge in [-0.3, -0.25) is 9.69 Å². The molecule has 0 spiro atoms. The number of thioether (sulfide) groups is 1. The van der Waals surface area contributed by atoms with Crippen LogP contribution in [0.1, 0.15) is 34.1 Å². The van der Waals surface area contributed by atoms with Crippen LogP contribution in [0, 0.1) is 11.3 Å². The number of fused-ring (bicyclic) bond motifs is 1. The lowest BCUT2D eigenvalue weighted by molar-refractivity contribution is -0.177. The van der Waals surface area contributed by atoms with Gasteiger partial charge in [-0.2, -0.15) is 0 Å². The van der Waals surface area contributed by atoms with Gasteiger partial charge in [0.1, 0.15) is 5.37 Å². The molecule has 2 rings (SSSR count). The van der Waals surface area contributed by atoms with Crippen LogP contribution < -0.4 is 0 Å². The molecule has 1 N–H and O–H groups in total. The summed E-state index contributed by atoms with van der Waals surface area (Å²) in [5, 5.41) is 9.11. The van der Waals surface area contributed by atoms with E-state index >= 15 is 0 Å². The molecule has 1 amide bonds. The summed E-state index contributed by atoms with van der Waals surface area (Å²) in [5.74, 6) is -1.60. The van der Waals surface area contributed by atoms with Crippen molar-refractivity contribution in [2.75, 3.05) is 0 Å². The highest BCUT2D eigenvalue weighted by atomic mass is 32.2. The molecule has 0 unspecified atom stereocenters. The van der Waals surface area contributed by atoms with Crippen molar-refractivity contribution in [3.63, 3.8) is 0 Å². The van der Waals surface area contributed by atoms with Gasteiger partial charge in [0.25, 0.3) is 0 Å². The molecule has 0 radical (unpaired) electrons. The maximum Gasteiger partial charge on any atom is 0.354 e. The highest BCUT2D eigenvalue weighted by Crippen LogP contribution is 2.58. The largest absolute Gasteiger partial charge is 0.477 e. The SMILES string of the molecule is CC[C@](O[SiH](C)C)([C@@H]1C(=O)N2C(C(=O)O)=C(S)S[C@H]12)C(C)(C)C. The molecule has 3 atom stereocenters. The first-order valence-electron chi connectivity index (χ1n) is 7.82. The minimum absolute atomic E-state index is 0.00490. The summed E-state index contributed by atoms with van der Waals surface area (Å²) in [7, 11) is -1.39. The summed E-state index contributed by atoms with van der Waals surface area (Å²) < 4.78 is 6.85. The van der Waals surface area contributed by atoms with E-state index in [1.807, 2.05) is 6.92 Å². The van der Waals surface area contributed by atoms with E-state index < -0.39 is 20.6 Å². The molecule has 2 heterocycles. The Kier molecular flexibility index (Phi) is 5.03. The maximum atomic E-state index is 12.9. The maximum absolute atomic E-state index is 12.9. The molecule has 0 aromatic heterocycles. The molecule has 2 aliphatic heterocycles. The summed E-state index contributed by atoms with van der Waals surface area (Å²) >= 11 is 5.62. The van der Waals surface area contributed by atoms with Crippen molar-refractivity contribution in [2.45, 2.75) is 58.2 Å². The van der Waals surface area contributed by atoms with Crippen molar-refractivity contribution in [1.82, 2.24) is 4.90 Å². The minimum atomic E-state index is -1.39. The van der Waals surface area contributed by atoms with Gasteiger partial charge in [-0.15, -0.1) is 12.6 Å². The minimum Gasteiger partial charge on any atom is -0.477 e. The fourth-order valence-electron chi connectivity index (χ4n) is 3.69. The first-order chi connectivity index (χ1) is 10.5. The van der Waals surface area contributed by atoms with E-state index in [1.165, 1.54) is 16.7 Å². The number of carbonyl (C=O) groups is 2. The molecule has 130 valence electrons. The Morgan fingerprint density at radius 2 is 2.00 bits per heavy atom. The number of thiol groups is 1. The van der Waals surface area contributed by atoms with E-state index in [4.69, 9.17) is 4.43 Å². The molecule has 0 aliphatic carbocycles. The molecule has 0 bridgehead atoms. The van der Waals surface area contributed by atoms with Gasteiger partial charge >= 0.3 is 5.97 Å². The number of amides is 1. The fraction of sp³-hybridized carbons (Fsp3) is 0.733. The lowest BCUT2D eigenvalue weighted by Crippen LogP contribution is -2.70. The van der Waals surface area contributed by atoms with Gasteiger partial charge in [-0.25, -0.2) is 4.79 Å². The molecule has 0 aromatic rings. The third-order valence-corrected chi connectivity index (χ3v) is 7.23. The van der Waals surface area contributed by atoms with Crippen LogP contribution in [0.4, 0.5) is 0 Å². The van der Waals surface area contributed by atoms with Gasteiger partial charge in [-0.1, -0.05) is 39.5 Å². The number of hydrogen-bond donors (Lipinski definition) is 2. The number of β-lactam (4-membered cyclic amide) rings is 1. The van der Waals surface area contributed by atoms with E-state index in [9.17, 15) is 14.7 Å². The zero-order chi connectivity index (χ0) is 17.7. The van der Waals surface area contributed by atoms with E-state index in [0.717, 1.165) is 0 Å². The van der Waals surface area contributed by atoms with Crippen LogP contribution in [-0.2, 0) is 14.0 Å². The standard InChI is InChI=1S/C15H25NO4S2Si/c1-7-15(14(2,3)4,20-23(5)6)8-10(17)16-9(12(18)19)13(21)22-11(8)16/h8,11,21,23H,7H2,1-6H3,(H,18,19)/t8-,11-,15+/m1/s1. The van der Waals surface area contributed by atoms with E-state index in [2.05, 4.69) is 46.5 Å². The van der Waals surface area contributed by atoms with Crippen molar-refractivity contribution in [3.05, 3.63) is 9.93 Å². The Hall–Kier alpha value is -0.443. The average Bonchev–Trinajstić information content (AvgIpc) is 2.69. The van der Waals surface area contributed by atoms with Crippen LogP contribution in [0.15, 0.2) is 9.93 Å². The third kappa shape index (κ3) is 2.77. The Labute approximate surface area is 149 Å². The summed E-state index contributed by atoms with van der Waals surface area (Å²) in [6, 6.07) is 0. The number of nitrogens with zero attached hydrogens (tertiary/aromatic N) is 1. The number of carboxylic acid groups (broad SMARTS) is 1. The van der Waals surface area contributed by atoms with Crippen LogP contribution in [0.25, 0.3) is 0 Å². The highest BCUT2D eigenvalue weighted by molar-refractivity contribution is 8.16. The van der Waals surface area contributed by atoms with Crippen LogP contribution in [0.5, 0.6) is 0 Å². The van der Waals surface area contributed by atoms with Crippen molar-refractivity contribution in [2.24, 2.45) is 11.3 Å². The number of carboxylic acids is 1. The lowest BCUT2D eigenvalue weighted by atomic mass is 9.64. The van der Waals surface area contributed by atoms with Crippen molar-refractivity contribution >= 4 is 45.3 Å². The Balaban J connectivity index is 2.42. The molecule has 2 aliphatic rings. The van der Waals surface area contributed by atoms with Crippen LogP contribution in [0.2, 0.25) is 13.1 Å². The summed E-state index contributed by atoms with van der Waals surface area (Å²) in [6.45, 7) is 12.5. The molecule has 1 saturated heterocycles. The number of carbonyl (C=O) groups excluding carboxylic acids is 1. The van der Waals surface area contributed by atoms with Crippen LogP contribution >= 0.6 is 24.4 Å². The smallest absolute Gasteiger partial charge is 0.354 e. The van der Waals surface area contributed by atoms with Crippen molar-refractivity contribution < 1.29 is 19.1 Å². The second-order valence-corrected chi connectivity index (χ2v) is 11.5. The predicted octanol–water partition coefficient (Wildman–Crippen LogP) is 2.90. The van der Waals surface area contributed by atoms with Crippen molar-refractivity contribution in [1.29, 1.82) is 0 Å². The highest BCUT2D eigenvalue weighted by Gasteiger charge is 2.66. The van der Waals surface area contributed by atoms with Crippen LogP contribution in [-0.4, -0.2) is 41.9 Å². The first-order valence-corrected chi connectivity index (χ1v) is 11.9. The Bertz CT molecular complexity index is 572. The van der Waals surface area contributed by atoms with Gasteiger partial charge in [0.05, 0.1) is 15.8 Å². The van der Waals surface area contributed by atoms with Gasteiger partial charge in [0.15, 0.2) is 14.7 Å². The molecule has 5 nitrogen and oxygen atoms in total. The molecule has 8 heteroatoms. The second-order valence-electron chi connectivity index (χ2n) is 7.31. The summed E-state index contributed by atoms with van der Waals surface area (Å²) in [5.41, 5.74) is -0.805. The molecule has 1 fully saturated rings. The second kappa shape index (κ2) is 6.13. The fourth-order valence-corrected chi connectivity index (χ4v) is 7.04. The van der Waals surface area contributed by atoms with Crippen molar-refractivity contribution in [3.8, 4) is 0 Å². The Morgan fingerprint density at radius 1 is 1.43 bits per heavy atom. The molecular weight excluding hydrogens is 350 g/mol. The quantitative estimate of drug-likeness (QED) is 0.439. The summed E-state index contributed by atoms with van der Waals surface area (Å²) in [6.07, 6.45) is 0.716. The zero-order valence-corrected chi connectivity index (χ0v) is 17.3. The van der Waals surface area contributed by atoms with E-state index in [-0.39, 0.29) is 28.3 Å². The lowest BCUT2D eigenvalue weighted by Gasteiger charge is -2.57. The molecule has 0 saturated carbocycles. The van der Waals surface area contributed by atoms with E-state index in [0.29, 0.717) is 10.7 Å². The molecular formula is C15H25NO4S2Si. The van der Waals surface area contributed by atoms with Gasteiger partial charge in [-0.05, 0) is 24.9 Å². The first kappa shape index (κ1) is 18.9. The number of hydrogen-bond acceptors (Lipinski definition) is 5. The topological polar surface area (TPSA) is 66.8 Å². The van der Waals surface area contributed by atoms with E-state index in [1.54, 1.807) is 0 Å². The van der Waals surface area contributed by atoms with Gasteiger partial charge in [0.2, 0.25) is 5.91 Å².